The summed E-state index contributed by atoms with van der Waals surface area (Å²) in [5, 5.41) is 2.77. The van der Waals surface area contributed by atoms with Gasteiger partial charge in [-0.15, -0.1) is 0 Å². The lowest BCUT2D eigenvalue weighted by Crippen LogP contribution is -2.25. The highest BCUT2D eigenvalue weighted by molar-refractivity contribution is 5.91. The summed E-state index contributed by atoms with van der Waals surface area (Å²) in [4.78, 5) is 11.8. The molecule has 21 heavy (non-hydrogen) atoms. The van der Waals surface area contributed by atoms with Gasteiger partial charge in [0.05, 0.1) is 14.2 Å². The maximum absolute atomic E-state index is 11.8. The van der Waals surface area contributed by atoms with Gasteiger partial charge in [-0.25, -0.2) is 0 Å². The molecule has 3 N–H and O–H groups in total. The number of carbonyl (C=O) groups is 1. The number of hydrogen-bond acceptors (Lipinski definition) is 5. The fraction of sp³-hybridized carbons (Fsp3) is 0.267. The van der Waals surface area contributed by atoms with Crippen LogP contribution < -0.4 is 20.5 Å². The summed E-state index contributed by atoms with van der Waals surface area (Å²) in [5.41, 5.74) is 6.46. The number of ether oxygens (including phenoxy) is 2. The van der Waals surface area contributed by atoms with E-state index in [4.69, 9.17) is 19.6 Å². The molecule has 6 heteroatoms. The molecule has 0 saturated heterocycles. The van der Waals surface area contributed by atoms with Crippen LogP contribution in [0, 0.1) is 0 Å². The van der Waals surface area contributed by atoms with Gasteiger partial charge in [-0.1, -0.05) is 6.07 Å². The standard InChI is InChI=1S/C15H18N2O4/c1-19-11-4-3-10(9-13(11)20-2)7-8-17-15(18)12-5-6-14(16)21-12/h3-6,9H,7-8,16H2,1-2H3,(H,17,18). The summed E-state index contributed by atoms with van der Waals surface area (Å²) in [5.74, 6) is 1.49. The van der Waals surface area contributed by atoms with Gasteiger partial charge in [-0.2, -0.15) is 0 Å². The van der Waals surface area contributed by atoms with E-state index in [0.29, 0.717) is 24.5 Å². The lowest BCUT2D eigenvalue weighted by atomic mass is 10.1. The Morgan fingerprint density at radius 1 is 1.19 bits per heavy atom. The van der Waals surface area contributed by atoms with E-state index < -0.39 is 0 Å². The Morgan fingerprint density at radius 3 is 2.57 bits per heavy atom. The predicted molar refractivity (Wildman–Crippen MR) is 78.7 cm³/mol. The summed E-state index contributed by atoms with van der Waals surface area (Å²) in [7, 11) is 3.18. The van der Waals surface area contributed by atoms with E-state index in [0.717, 1.165) is 5.56 Å². The number of amides is 1. The molecular weight excluding hydrogens is 272 g/mol. The van der Waals surface area contributed by atoms with Gasteiger partial charge in [0.15, 0.2) is 23.1 Å². The second kappa shape index (κ2) is 6.69. The monoisotopic (exact) mass is 290 g/mol. The normalized spacial score (nSPS) is 10.2. The molecule has 112 valence electrons. The van der Waals surface area contributed by atoms with Crippen LogP contribution in [-0.2, 0) is 6.42 Å². The first-order valence-corrected chi connectivity index (χ1v) is 6.48. The van der Waals surface area contributed by atoms with Gasteiger partial charge >= 0.3 is 0 Å². The van der Waals surface area contributed by atoms with Gasteiger partial charge in [-0.05, 0) is 30.2 Å². The minimum absolute atomic E-state index is 0.208. The molecule has 2 rings (SSSR count). The van der Waals surface area contributed by atoms with Crippen molar-refractivity contribution < 1.29 is 18.7 Å². The first kappa shape index (κ1) is 14.8. The van der Waals surface area contributed by atoms with Gasteiger partial charge in [-0.3, -0.25) is 4.79 Å². The van der Waals surface area contributed by atoms with Crippen molar-refractivity contribution in [3.8, 4) is 11.5 Å². The molecule has 2 aromatic rings. The SMILES string of the molecule is COc1ccc(CCNC(=O)c2ccc(N)o2)cc1OC. The summed E-state index contributed by atoms with van der Waals surface area (Å²) in [6.07, 6.45) is 0.669. The molecule has 0 saturated carbocycles. The van der Waals surface area contributed by atoms with E-state index in [1.165, 1.54) is 0 Å². The van der Waals surface area contributed by atoms with Crippen LogP contribution in [-0.4, -0.2) is 26.7 Å². The lowest BCUT2D eigenvalue weighted by molar-refractivity contribution is 0.0927. The van der Waals surface area contributed by atoms with E-state index in [1.807, 2.05) is 18.2 Å². The van der Waals surface area contributed by atoms with E-state index in [-0.39, 0.29) is 17.6 Å². The lowest BCUT2D eigenvalue weighted by Gasteiger charge is -2.09. The van der Waals surface area contributed by atoms with Crippen molar-refractivity contribution in [3.63, 3.8) is 0 Å². The quantitative estimate of drug-likeness (QED) is 0.848. The number of nitrogens with one attached hydrogen (secondary N) is 1. The largest absolute Gasteiger partial charge is 0.493 e. The van der Waals surface area contributed by atoms with Crippen molar-refractivity contribution in [2.45, 2.75) is 6.42 Å². The fourth-order valence-electron chi connectivity index (χ4n) is 1.92. The van der Waals surface area contributed by atoms with Crippen LogP contribution >= 0.6 is 0 Å². The zero-order valence-corrected chi connectivity index (χ0v) is 12.0. The first-order valence-electron chi connectivity index (χ1n) is 6.48. The highest BCUT2D eigenvalue weighted by Crippen LogP contribution is 2.27. The highest BCUT2D eigenvalue weighted by Gasteiger charge is 2.10. The average molecular weight is 290 g/mol. The van der Waals surface area contributed by atoms with Crippen molar-refractivity contribution in [2.24, 2.45) is 0 Å². The average Bonchev–Trinajstić information content (AvgIpc) is 2.93. The summed E-state index contributed by atoms with van der Waals surface area (Å²) >= 11 is 0. The smallest absolute Gasteiger partial charge is 0.287 e. The molecule has 0 aliphatic heterocycles. The third-order valence-electron chi connectivity index (χ3n) is 3.00. The topological polar surface area (TPSA) is 86.7 Å². The fourth-order valence-corrected chi connectivity index (χ4v) is 1.92. The highest BCUT2D eigenvalue weighted by atomic mass is 16.5. The molecule has 0 fully saturated rings. The van der Waals surface area contributed by atoms with Gasteiger partial charge in [0, 0.05) is 12.6 Å². The Morgan fingerprint density at radius 2 is 1.95 bits per heavy atom. The number of furan rings is 1. The molecule has 6 nitrogen and oxygen atoms in total. The molecule has 0 aliphatic rings. The number of anilines is 1. The zero-order valence-electron chi connectivity index (χ0n) is 12.0. The molecule has 1 amide bonds. The molecule has 1 aromatic carbocycles. The van der Waals surface area contributed by atoms with Gasteiger partial charge < -0.3 is 24.9 Å². The van der Waals surface area contributed by atoms with Gasteiger partial charge in [0.2, 0.25) is 0 Å². The number of nitrogen functional groups attached to an aromatic ring is 1. The van der Waals surface area contributed by atoms with Crippen molar-refractivity contribution in [2.75, 3.05) is 26.5 Å². The second-order valence-electron chi connectivity index (χ2n) is 4.40. The molecule has 0 atom stereocenters. The van der Waals surface area contributed by atoms with Gasteiger partial charge in [0.1, 0.15) is 0 Å². The number of hydrogen-bond donors (Lipinski definition) is 2. The summed E-state index contributed by atoms with van der Waals surface area (Å²) in [6, 6.07) is 8.74. The van der Waals surface area contributed by atoms with Crippen LogP contribution in [0.15, 0.2) is 34.7 Å². The Bertz CT molecular complexity index is 622. The number of methoxy groups -OCH3 is 2. The molecular formula is C15H18N2O4. The molecule has 1 aromatic heterocycles. The minimum Gasteiger partial charge on any atom is -0.493 e. The summed E-state index contributed by atoms with van der Waals surface area (Å²) < 4.78 is 15.5. The Hall–Kier alpha value is -2.63. The number of benzene rings is 1. The van der Waals surface area contributed by atoms with Crippen LogP contribution in [0.2, 0.25) is 0 Å². The van der Waals surface area contributed by atoms with Crippen LogP contribution in [0.3, 0.4) is 0 Å². The number of nitrogens with two attached hydrogens (primary N) is 1. The van der Waals surface area contributed by atoms with Crippen molar-refractivity contribution in [3.05, 3.63) is 41.7 Å². The molecule has 0 spiro atoms. The Labute approximate surface area is 122 Å². The van der Waals surface area contributed by atoms with E-state index >= 15 is 0 Å². The van der Waals surface area contributed by atoms with Crippen LogP contribution in [0.25, 0.3) is 0 Å². The first-order chi connectivity index (χ1) is 10.1. The molecule has 0 aliphatic carbocycles. The molecule has 0 radical (unpaired) electrons. The zero-order chi connectivity index (χ0) is 15.2. The van der Waals surface area contributed by atoms with Crippen molar-refractivity contribution in [1.29, 1.82) is 0 Å². The Kier molecular flexibility index (Phi) is 4.71. The Balaban J connectivity index is 1.90. The maximum Gasteiger partial charge on any atom is 0.287 e. The van der Waals surface area contributed by atoms with Gasteiger partial charge in [0.25, 0.3) is 5.91 Å². The van der Waals surface area contributed by atoms with E-state index in [9.17, 15) is 4.79 Å². The van der Waals surface area contributed by atoms with Crippen molar-refractivity contribution in [1.82, 2.24) is 5.32 Å². The second-order valence-corrected chi connectivity index (χ2v) is 4.40. The van der Waals surface area contributed by atoms with E-state index in [1.54, 1.807) is 26.4 Å². The molecule has 0 bridgehead atoms. The third-order valence-corrected chi connectivity index (χ3v) is 3.00. The molecule has 1 heterocycles. The maximum atomic E-state index is 11.8. The van der Waals surface area contributed by atoms with Crippen molar-refractivity contribution >= 4 is 11.8 Å². The number of carbonyl (C=O) groups excluding carboxylic acids is 1. The van der Waals surface area contributed by atoms with Crippen LogP contribution in [0.4, 0.5) is 5.88 Å². The van der Waals surface area contributed by atoms with Crippen LogP contribution in [0.1, 0.15) is 16.1 Å². The molecule has 0 unspecified atom stereocenters. The predicted octanol–water partition coefficient (Wildman–Crippen LogP) is 1.85. The number of rotatable bonds is 6. The minimum atomic E-state index is -0.285. The summed E-state index contributed by atoms with van der Waals surface area (Å²) in [6.45, 7) is 0.481. The third kappa shape index (κ3) is 3.68. The van der Waals surface area contributed by atoms with E-state index in [2.05, 4.69) is 5.32 Å². The van der Waals surface area contributed by atoms with Crippen LogP contribution in [0.5, 0.6) is 11.5 Å².